The lowest BCUT2D eigenvalue weighted by molar-refractivity contribution is -0.171. The first-order valence-electron chi connectivity index (χ1n) is 10.8. The van der Waals surface area contributed by atoms with Gasteiger partial charge >= 0.3 is 5.97 Å². The second kappa shape index (κ2) is 8.72. The van der Waals surface area contributed by atoms with Gasteiger partial charge < -0.3 is 14.2 Å². The van der Waals surface area contributed by atoms with Gasteiger partial charge in [-0.3, -0.25) is 0 Å². The molecule has 34 heavy (non-hydrogen) atoms. The van der Waals surface area contributed by atoms with Crippen LogP contribution in [0.25, 0.3) is 0 Å². The average molecular weight is 478 g/mol. The molecular formula is C26H23NO6S. The summed E-state index contributed by atoms with van der Waals surface area (Å²) in [7, 11) is -2.73. The molecule has 2 heterocycles. The number of sulfonamides is 1. The molecule has 3 atom stereocenters. The molecule has 0 aliphatic carbocycles. The van der Waals surface area contributed by atoms with E-state index in [1.165, 1.54) is 17.5 Å². The number of carbonyl (C=O) groups excluding carboxylic acids is 1. The third-order valence-electron chi connectivity index (χ3n) is 6.09. The first-order chi connectivity index (χ1) is 16.5. The highest BCUT2D eigenvalue weighted by molar-refractivity contribution is 7.89. The minimum atomic E-state index is -4.14. The Balaban J connectivity index is 1.79. The van der Waals surface area contributed by atoms with Gasteiger partial charge in [0.25, 0.3) is 0 Å². The number of nitrogens with zero attached hydrogens (tertiary/aromatic N) is 1. The van der Waals surface area contributed by atoms with Crippen LogP contribution in [-0.4, -0.2) is 38.5 Å². The summed E-state index contributed by atoms with van der Waals surface area (Å²) in [5.41, 5.74) is -0.410. The molecule has 3 aromatic rings. The summed E-state index contributed by atoms with van der Waals surface area (Å²) < 4.78 is 47.5. The van der Waals surface area contributed by atoms with Crippen molar-refractivity contribution in [2.24, 2.45) is 0 Å². The van der Waals surface area contributed by atoms with E-state index >= 15 is 0 Å². The number of methoxy groups -OCH3 is 1. The third kappa shape index (κ3) is 3.51. The monoisotopic (exact) mass is 477 g/mol. The van der Waals surface area contributed by atoms with Gasteiger partial charge in [-0.1, -0.05) is 78.9 Å². The standard InChI is InChI=1S/C26H23NO6S/c1-31-23-17-24(28)33-25(23)26(20-13-7-3-8-14-20)27(34(29,30)21-15-9-4-10-16-21)22(18-32-26)19-11-5-2-6-12-19/h2-17,22,25H,18H2,1H3/t22-,25+,26+/m0/s1. The lowest BCUT2D eigenvalue weighted by Gasteiger charge is -2.41. The van der Waals surface area contributed by atoms with E-state index in [4.69, 9.17) is 14.2 Å². The topological polar surface area (TPSA) is 82.1 Å². The Kier molecular flexibility index (Phi) is 5.73. The van der Waals surface area contributed by atoms with Crippen molar-refractivity contribution in [3.8, 4) is 0 Å². The molecule has 5 rings (SSSR count). The fourth-order valence-corrected chi connectivity index (χ4v) is 6.45. The van der Waals surface area contributed by atoms with Gasteiger partial charge in [0.05, 0.1) is 30.7 Å². The molecule has 0 unspecified atom stereocenters. The van der Waals surface area contributed by atoms with Crippen LogP contribution in [-0.2, 0) is 34.8 Å². The molecule has 0 radical (unpaired) electrons. The van der Waals surface area contributed by atoms with Crippen molar-refractivity contribution in [3.63, 3.8) is 0 Å². The van der Waals surface area contributed by atoms with Crippen LogP contribution in [0.15, 0.2) is 108 Å². The quantitative estimate of drug-likeness (QED) is 0.503. The summed E-state index contributed by atoms with van der Waals surface area (Å²) in [5.74, 6) is -0.434. The van der Waals surface area contributed by atoms with Crippen molar-refractivity contribution in [3.05, 3.63) is 114 Å². The second-order valence-corrected chi connectivity index (χ2v) is 9.80. The SMILES string of the molecule is COC1=CC(=O)O[C@H]1[C@@]1(c2ccccc2)OC[C@@H](c2ccccc2)N1S(=O)(=O)c1ccccc1. The van der Waals surface area contributed by atoms with Crippen LogP contribution in [0.5, 0.6) is 0 Å². The zero-order chi connectivity index (χ0) is 23.8. The summed E-state index contributed by atoms with van der Waals surface area (Å²) >= 11 is 0. The molecule has 0 aromatic heterocycles. The predicted octanol–water partition coefficient (Wildman–Crippen LogP) is 3.76. The van der Waals surface area contributed by atoms with Crippen molar-refractivity contribution < 1.29 is 27.4 Å². The van der Waals surface area contributed by atoms with E-state index in [-0.39, 0.29) is 17.3 Å². The van der Waals surface area contributed by atoms with Gasteiger partial charge in [0.1, 0.15) is 5.76 Å². The highest BCUT2D eigenvalue weighted by atomic mass is 32.2. The summed E-state index contributed by atoms with van der Waals surface area (Å²) in [5, 5.41) is 0. The zero-order valence-electron chi connectivity index (χ0n) is 18.4. The normalized spacial score (nSPS) is 25.1. The maximum absolute atomic E-state index is 14.3. The van der Waals surface area contributed by atoms with Crippen LogP contribution in [0.3, 0.4) is 0 Å². The van der Waals surface area contributed by atoms with Crippen molar-refractivity contribution >= 4 is 16.0 Å². The van der Waals surface area contributed by atoms with E-state index in [1.54, 1.807) is 54.6 Å². The van der Waals surface area contributed by atoms with Gasteiger partial charge in [-0.2, -0.15) is 0 Å². The molecular weight excluding hydrogens is 454 g/mol. The van der Waals surface area contributed by atoms with Crippen LogP contribution in [0.1, 0.15) is 17.2 Å². The first-order valence-corrected chi connectivity index (χ1v) is 12.2. The van der Waals surface area contributed by atoms with Crippen molar-refractivity contribution in [2.45, 2.75) is 22.8 Å². The maximum atomic E-state index is 14.3. The predicted molar refractivity (Wildman–Crippen MR) is 124 cm³/mol. The Morgan fingerprint density at radius 3 is 2.12 bits per heavy atom. The van der Waals surface area contributed by atoms with E-state index in [1.807, 2.05) is 36.4 Å². The molecule has 0 spiro atoms. The van der Waals surface area contributed by atoms with Gasteiger partial charge in [0.2, 0.25) is 21.9 Å². The number of carbonyl (C=O) groups is 1. The molecule has 8 heteroatoms. The third-order valence-corrected chi connectivity index (χ3v) is 8.00. The van der Waals surface area contributed by atoms with E-state index in [0.717, 1.165) is 5.56 Å². The van der Waals surface area contributed by atoms with Gasteiger partial charge in [0, 0.05) is 5.56 Å². The van der Waals surface area contributed by atoms with Crippen molar-refractivity contribution in [1.29, 1.82) is 0 Å². The number of cyclic esters (lactones) is 1. The Hall–Kier alpha value is -3.46. The lowest BCUT2D eigenvalue weighted by Crippen LogP contribution is -2.55. The Morgan fingerprint density at radius 2 is 1.50 bits per heavy atom. The number of hydrogen-bond donors (Lipinski definition) is 0. The molecule has 0 saturated carbocycles. The van der Waals surface area contributed by atoms with Crippen LogP contribution < -0.4 is 0 Å². The van der Waals surface area contributed by atoms with Crippen LogP contribution in [0.4, 0.5) is 0 Å². The van der Waals surface area contributed by atoms with Gasteiger partial charge in [-0.25, -0.2) is 13.2 Å². The van der Waals surface area contributed by atoms with Crippen LogP contribution >= 0.6 is 0 Å². The Bertz CT molecular complexity index is 1310. The van der Waals surface area contributed by atoms with Crippen molar-refractivity contribution in [2.75, 3.05) is 13.7 Å². The molecule has 1 fully saturated rings. The largest absolute Gasteiger partial charge is 0.497 e. The minimum absolute atomic E-state index is 0.0516. The van der Waals surface area contributed by atoms with Crippen LogP contribution in [0.2, 0.25) is 0 Å². The smallest absolute Gasteiger partial charge is 0.335 e. The fraction of sp³-hybridized carbons (Fsp3) is 0.192. The Labute approximate surface area is 198 Å². The summed E-state index contributed by atoms with van der Waals surface area (Å²) in [6, 6.07) is 25.7. The summed E-state index contributed by atoms with van der Waals surface area (Å²) in [4.78, 5) is 12.4. The fourth-order valence-electron chi connectivity index (χ4n) is 4.60. The number of ether oxygens (including phenoxy) is 3. The molecule has 174 valence electrons. The van der Waals surface area contributed by atoms with Crippen molar-refractivity contribution in [1.82, 2.24) is 4.31 Å². The van der Waals surface area contributed by atoms with Gasteiger partial charge in [-0.05, 0) is 17.7 Å². The van der Waals surface area contributed by atoms with E-state index in [0.29, 0.717) is 5.56 Å². The maximum Gasteiger partial charge on any atom is 0.335 e. The molecule has 7 nitrogen and oxygen atoms in total. The molecule has 2 aliphatic heterocycles. The number of esters is 1. The van der Waals surface area contributed by atoms with Gasteiger partial charge in [-0.15, -0.1) is 4.31 Å². The average Bonchev–Trinajstić information content (AvgIpc) is 3.47. The molecule has 0 amide bonds. The molecule has 0 N–H and O–H groups in total. The molecule has 3 aromatic carbocycles. The molecule has 0 bridgehead atoms. The number of rotatable bonds is 6. The highest BCUT2D eigenvalue weighted by Gasteiger charge is 2.63. The van der Waals surface area contributed by atoms with E-state index in [2.05, 4.69) is 0 Å². The molecule has 1 saturated heterocycles. The number of hydrogen-bond acceptors (Lipinski definition) is 6. The zero-order valence-corrected chi connectivity index (χ0v) is 19.2. The minimum Gasteiger partial charge on any atom is -0.497 e. The van der Waals surface area contributed by atoms with E-state index in [9.17, 15) is 13.2 Å². The van der Waals surface area contributed by atoms with E-state index < -0.39 is 33.9 Å². The summed E-state index contributed by atoms with van der Waals surface area (Å²) in [6.07, 6.45) is 0.0848. The molecule has 2 aliphatic rings. The number of benzene rings is 3. The van der Waals surface area contributed by atoms with Gasteiger partial charge in [0.15, 0.2) is 0 Å². The Morgan fingerprint density at radius 1 is 0.912 bits per heavy atom. The highest BCUT2D eigenvalue weighted by Crippen LogP contribution is 2.52. The summed E-state index contributed by atoms with van der Waals surface area (Å²) in [6.45, 7) is 0.0516. The lowest BCUT2D eigenvalue weighted by atomic mass is 9.95. The first kappa shape index (κ1) is 22.3. The second-order valence-electron chi connectivity index (χ2n) is 7.98. The van der Waals surface area contributed by atoms with Crippen LogP contribution in [0, 0.1) is 0 Å².